The number of nitrogens with one attached hydrogen (secondary N) is 1. The average molecular weight is 326 g/mol. The summed E-state index contributed by atoms with van der Waals surface area (Å²) in [7, 11) is 0. The van der Waals surface area contributed by atoms with Crippen LogP contribution in [0.15, 0.2) is 60.7 Å². The molecule has 0 atom stereocenters. The van der Waals surface area contributed by atoms with Gasteiger partial charge in [0.15, 0.2) is 0 Å². The highest BCUT2D eigenvalue weighted by Gasteiger charge is 2.28. The molecule has 0 aliphatic heterocycles. The predicted molar refractivity (Wildman–Crippen MR) is 93.4 cm³/mol. The lowest BCUT2D eigenvalue weighted by molar-refractivity contribution is -0.139. The van der Waals surface area contributed by atoms with Gasteiger partial charge in [-0.25, -0.2) is 0 Å². The summed E-state index contributed by atoms with van der Waals surface area (Å²) >= 11 is 0. The molecule has 2 rings (SSSR count). The van der Waals surface area contributed by atoms with Crippen LogP contribution in [-0.4, -0.2) is 29.1 Å². The van der Waals surface area contributed by atoms with Crippen LogP contribution in [-0.2, 0) is 16.1 Å². The van der Waals surface area contributed by atoms with E-state index in [0.29, 0.717) is 5.69 Å². The van der Waals surface area contributed by atoms with E-state index in [1.54, 1.807) is 26.0 Å². The fourth-order valence-electron chi connectivity index (χ4n) is 2.18. The summed E-state index contributed by atoms with van der Waals surface area (Å²) in [6, 6.07) is 18.5. The summed E-state index contributed by atoms with van der Waals surface area (Å²) in [4.78, 5) is 26.4. The van der Waals surface area contributed by atoms with E-state index < -0.39 is 17.4 Å². The second-order valence-electron chi connectivity index (χ2n) is 6.21. The maximum Gasteiger partial charge on any atom is 0.316 e. The first kappa shape index (κ1) is 17.7. The Labute approximate surface area is 141 Å². The lowest BCUT2D eigenvalue weighted by Gasteiger charge is -2.27. The maximum atomic E-state index is 12.7. The molecule has 2 aromatic rings. The van der Waals surface area contributed by atoms with E-state index in [4.69, 9.17) is 0 Å². The molecule has 0 aromatic heterocycles. The normalized spacial score (nSPS) is 11.0. The van der Waals surface area contributed by atoms with Gasteiger partial charge in [-0.1, -0.05) is 48.5 Å². The van der Waals surface area contributed by atoms with Gasteiger partial charge in [0, 0.05) is 5.69 Å². The Morgan fingerprint density at radius 3 is 2.08 bits per heavy atom. The fourth-order valence-corrected chi connectivity index (χ4v) is 2.18. The van der Waals surface area contributed by atoms with E-state index in [0.717, 1.165) is 5.56 Å². The van der Waals surface area contributed by atoms with Crippen LogP contribution in [0.2, 0.25) is 0 Å². The number of rotatable bonds is 5. The van der Waals surface area contributed by atoms with Crippen molar-refractivity contribution in [1.29, 1.82) is 0 Å². The number of carbonyl (C=O) groups excluding carboxylic acids is 2. The highest BCUT2D eigenvalue weighted by atomic mass is 16.3. The zero-order valence-corrected chi connectivity index (χ0v) is 13.9. The minimum absolute atomic E-state index is 0.254. The monoisotopic (exact) mass is 326 g/mol. The van der Waals surface area contributed by atoms with E-state index in [1.165, 1.54) is 4.90 Å². The topological polar surface area (TPSA) is 69.6 Å². The van der Waals surface area contributed by atoms with E-state index in [2.05, 4.69) is 5.32 Å². The smallest absolute Gasteiger partial charge is 0.316 e. The first-order chi connectivity index (χ1) is 11.4. The van der Waals surface area contributed by atoms with Gasteiger partial charge in [-0.3, -0.25) is 14.5 Å². The molecule has 0 fully saturated rings. The van der Waals surface area contributed by atoms with Gasteiger partial charge in [0.2, 0.25) is 0 Å². The van der Waals surface area contributed by atoms with Gasteiger partial charge in [-0.15, -0.1) is 0 Å². The van der Waals surface area contributed by atoms with E-state index in [9.17, 15) is 14.7 Å². The Hall–Kier alpha value is -2.66. The lowest BCUT2D eigenvalue weighted by atomic mass is 10.1. The van der Waals surface area contributed by atoms with Crippen LogP contribution in [0, 0.1) is 0 Å². The molecule has 0 aliphatic carbocycles. The minimum atomic E-state index is -0.859. The summed E-state index contributed by atoms with van der Waals surface area (Å²) in [6.07, 6.45) is 0. The standard InChI is InChI=1S/C19H22N2O3/c1-19(2,14-22)20-17(23)18(24)21(16-11-7-4-8-12-16)13-15-9-5-3-6-10-15/h3-12,22H,13-14H2,1-2H3,(H,20,23). The van der Waals surface area contributed by atoms with Crippen molar-refractivity contribution in [2.24, 2.45) is 0 Å². The third-order valence-electron chi connectivity index (χ3n) is 3.54. The molecule has 5 heteroatoms. The largest absolute Gasteiger partial charge is 0.394 e. The summed E-state index contributed by atoms with van der Waals surface area (Å²) in [5.74, 6) is -1.40. The van der Waals surface area contributed by atoms with Crippen LogP contribution in [0.1, 0.15) is 19.4 Å². The van der Waals surface area contributed by atoms with Gasteiger partial charge < -0.3 is 10.4 Å². The molecule has 0 spiro atoms. The SMILES string of the molecule is CC(C)(CO)NC(=O)C(=O)N(Cc1ccccc1)c1ccccc1. The highest BCUT2D eigenvalue weighted by Crippen LogP contribution is 2.17. The number of benzene rings is 2. The number of aliphatic hydroxyl groups is 1. The van der Waals surface area contributed by atoms with E-state index in [-0.39, 0.29) is 13.2 Å². The van der Waals surface area contributed by atoms with Crippen LogP contribution < -0.4 is 10.2 Å². The molecule has 0 heterocycles. The molecular formula is C19H22N2O3. The maximum absolute atomic E-state index is 12.7. The molecule has 2 N–H and O–H groups in total. The average Bonchev–Trinajstić information content (AvgIpc) is 2.60. The summed E-state index contributed by atoms with van der Waals surface area (Å²) in [6.45, 7) is 3.34. The molecule has 0 unspecified atom stereocenters. The van der Waals surface area contributed by atoms with Crippen molar-refractivity contribution in [3.05, 3.63) is 66.2 Å². The van der Waals surface area contributed by atoms with Crippen molar-refractivity contribution in [1.82, 2.24) is 5.32 Å². The number of hydrogen-bond donors (Lipinski definition) is 2. The molecule has 0 saturated carbocycles. The van der Waals surface area contributed by atoms with Crippen LogP contribution in [0.3, 0.4) is 0 Å². The van der Waals surface area contributed by atoms with Crippen LogP contribution in [0.25, 0.3) is 0 Å². The summed E-state index contributed by atoms with van der Waals surface area (Å²) in [5.41, 5.74) is 0.703. The second-order valence-corrected chi connectivity index (χ2v) is 6.21. The van der Waals surface area contributed by atoms with E-state index >= 15 is 0 Å². The molecular weight excluding hydrogens is 304 g/mol. The number of carbonyl (C=O) groups is 2. The lowest BCUT2D eigenvalue weighted by Crippen LogP contribution is -2.52. The van der Waals surface area contributed by atoms with Gasteiger partial charge in [0.25, 0.3) is 0 Å². The summed E-state index contributed by atoms with van der Waals surface area (Å²) in [5, 5.41) is 11.8. The molecule has 5 nitrogen and oxygen atoms in total. The van der Waals surface area contributed by atoms with Crippen LogP contribution in [0.4, 0.5) is 5.69 Å². The van der Waals surface area contributed by atoms with Crippen molar-refractivity contribution < 1.29 is 14.7 Å². The first-order valence-electron chi connectivity index (χ1n) is 7.77. The predicted octanol–water partition coefficient (Wildman–Crippen LogP) is 2.11. The van der Waals surface area contributed by atoms with Gasteiger partial charge in [-0.2, -0.15) is 0 Å². The van der Waals surface area contributed by atoms with Crippen molar-refractivity contribution in [3.63, 3.8) is 0 Å². The Morgan fingerprint density at radius 1 is 1.00 bits per heavy atom. The Kier molecular flexibility index (Phi) is 5.71. The Balaban J connectivity index is 2.25. The van der Waals surface area contributed by atoms with Crippen molar-refractivity contribution >= 4 is 17.5 Å². The number of aliphatic hydroxyl groups excluding tert-OH is 1. The van der Waals surface area contributed by atoms with Gasteiger partial charge in [0.1, 0.15) is 0 Å². The first-order valence-corrected chi connectivity index (χ1v) is 7.77. The zero-order chi connectivity index (χ0) is 17.6. The third-order valence-corrected chi connectivity index (χ3v) is 3.54. The quantitative estimate of drug-likeness (QED) is 0.827. The molecule has 0 saturated heterocycles. The van der Waals surface area contributed by atoms with E-state index in [1.807, 2.05) is 48.5 Å². The second kappa shape index (κ2) is 7.75. The zero-order valence-electron chi connectivity index (χ0n) is 13.9. The molecule has 0 radical (unpaired) electrons. The molecule has 2 aromatic carbocycles. The number of anilines is 1. The molecule has 0 bridgehead atoms. The van der Waals surface area contributed by atoms with Crippen molar-refractivity contribution in [2.45, 2.75) is 25.9 Å². The fraction of sp³-hybridized carbons (Fsp3) is 0.263. The molecule has 126 valence electrons. The molecule has 24 heavy (non-hydrogen) atoms. The highest BCUT2D eigenvalue weighted by molar-refractivity contribution is 6.40. The van der Waals surface area contributed by atoms with Gasteiger partial charge in [-0.05, 0) is 31.5 Å². The Morgan fingerprint density at radius 2 is 1.54 bits per heavy atom. The number of hydrogen-bond acceptors (Lipinski definition) is 3. The summed E-state index contributed by atoms with van der Waals surface area (Å²) < 4.78 is 0. The number of nitrogens with zero attached hydrogens (tertiary/aromatic N) is 1. The van der Waals surface area contributed by atoms with Crippen molar-refractivity contribution in [2.75, 3.05) is 11.5 Å². The van der Waals surface area contributed by atoms with Crippen molar-refractivity contribution in [3.8, 4) is 0 Å². The van der Waals surface area contributed by atoms with Crippen LogP contribution >= 0.6 is 0 Å². The molecule has 0 aliphatic rings. The van der Waals surface area contributed by atoms with Gasteiger partial charge >= 0.3 is 11.8 Å². The molecule has 2 amide bonds. The van der Waals surface area contributed by atoms with Crippen LogP contribution in [0.5, 0.6) is 0 Å². The van der Waals surface area contributed by atoms with Gasteiger partial charge in [0.05, 0.1) is 18.7 Å². The Bertz CT molecular complexity index is 684. The number of para-hydroxylation sites is 1. The minimum Gasteiger partial charge on any atom is -0.394 e. The number of amides is 2. The third kappa shape index (κ3) is 4.67.